The van der Waals surface area contributed by atoms with Crippen molar-refractivity contribution in [3.63, 3.8) is 0 Å². The van der Waals surface area contributed by atoms with Crippen LogP contribution in [0.4, 0.5) is 15.3 Å². The summed E-state index contributed by atoms with van der Waals surface area (Å²) in [6, 6.07) is 12.0. The smallest absolute Gasteiger partial charge is 0.410 e. The summed E-state index contributed by atoms with van der Waals surface area (Å²) in [4.78, 5) is 66.1. The molecule has 250 valence electrons. The van der Waals surface area contributed by atoms with Crippen molar-refractivity contribution in [3.8, 4) is 0 Å². The lowest BCUT2D eigenvalue weighted by Gasteiger charge is -2.41. The number of aromatic nitrogens is 2. The maximum Gasteiger partial charge on any atom is 0.410 e. The zero-order chi connectivity index (χ0) is 32.5. The van der Waals surface area contributed by atoms with Gasteiger partial charge in [0.25, 0.3) is 5.91 Å². The predicted octanol–water partition coefficient (Wildman–Crippen LogP) is 4.20. The highest BCUT2D eigenvalue weighted by molar-refractivity contribution is 5.92. The number of carbonyl (C=O) groups is 3. The Morgan fingerprint density at radius 1 is 0.872 bits per heavy atom. The third-order valence-corrected chi connectivity index (χ3v) is 10.5. The van der Waals surface area contributed by atoms with E-state index in [0.29, 0.717) is 57.1 Å². The van der Waals surface area contributed by atoms with Gasteiger partial charge >= 0.3 is 17.8 Å². The molecule has 3 fully saturated rings. The molecule has 1 atom stereocenters. The normalized spacial score (nSPS) is 20.6. The third-order valence-electron chi connectivity index (χ3n) is 10.5. The molecule has 47 heavy (non-hydrogen) atoms. The first kappa shape index (κ1) is 31.3. The SMILES string of the molecule is Cc1cc(CC(OC(=O)N2CCC(N3Cc4ccccc4NC3=O)CC2)C(=O)N2CCC(N3CCCCC3)CC2)cc2[nH]c(=O)[nH]c12. The highest BCUT2D eigenvalue weighted by Gasteiger charge is 2.36. The molecule has 4 aliphatic rings. The summed E-state index contributed by atoms with van der Waals surface area (Å²) in [5, 5.41) is 2.99. The van der Waals surface area contributed by atoms with E-state index in [1.807, 2.05) is 53.1 Å². The number of nitrogens with one attached hydrogen (secondary N) is 3. The Kier molecular flexibility index (Phi) is 8.94. The molecule has 0 bridgehead atoms. The number of urea groups is 1. The number of nitrogens with zero attached hydrogens (tertiary/aromatic N) is 4. The van der Waals surface area contributed by atoms with Crippen LogP contribution in [0.15, 0.2) is 41.2 Å². The van der Waals surface area contributed by atoms with E-state index in [-0.39, 0.29) is 30.1 Å². The van der Waals surface area contributed by atoms with Crippen molar-refractivity contribution in [2.75, 3.05) is 44.6 Å². The Hall–Kier alpha value is -4.32. The molecule has 0 radical (unpaired) electrons. The number of hydrogen-bond donors (Lipinski definition) is 3. The van der Waals surface area contributed by atoms with Crippen LogP contribution in [0.5, 0.6) is 0 Å². The molecule has 0 aliphatic carbocycles. The topological polar surface area (TPSA) is 134 Å². The van der Waals surface area contributed by atoms with Crippen molar-refractivity contribution in [2.24, 2.45) is 0 Å². The van der Waals surface area contributed by atoms with Gasteiger partial charge in [-0.05, 0) is 87.4 Å². The number of fused-ring (bicyclic) bond motifs is 2. The van der Waals surface area contributed by atoms with Gasteiger partial charge in [-0.15, -0.1) is 0 Å². The number of H-pyrrole nitrogens is 2. The fourth-order valence-corrected chi connectivity index (χ4v) is 7.92. The Morgan fingerprint density at radius 2 is 1.57 bits per heavy atom. The molecule has 0 spiro atoms. The quantitative estimate of drug-likeness (QED) is 0.369. The standard InChI is InChI=1S/C35H45N7O5/c1-23-19-24(20-29-31(23)38-33(44)36-29)21-30(32(43)40-15-9-26(10-16-40)39-13-5-2-6-14-39)47-35(46)41-17-11-27(12-18-41)42-22-25-7-3-4-8-28(25)37-34(42)45/h3-4,7-8,19-20,26-27,30H,2,5-6,9-18,21-22H2,1H3,(H,37,45)(H2,36,38,44). The highest BCUT2D eigenvalue weighted by Crippen LogP contribution is 2.29. The number of ether oxygens (including phenoxy) is 1. The van der Waals surface area contributed by atoms with Crippen molar-refractivity contribution in [2.45, 2.75) is 83.0 Å². The average molecular weight is 644 g/mol. The van der Waals surface area contributed by atoms with Gasteiger partial charge in [0, 0.05) is 56.9 Å². The number of piperidine rings is 3. The van der Waals surface area contributed by atoms with Crippen LogP contribution in [0.25, 0.3) is 11.0 Å². The van der Waals surface area contributed by atoms with Crippen LogP contribution < -0.4 is 11.0 Å². The highest BCUT2D eigenvalue weighted by atomic mass is 16.6. The van der Waals surface area contributed by atoms with Gasteiger partial charge in [-0.1, -0.05) is 30.7 Å². The molecule has 5 heterocycles. The zero-order valence-electron chi connectivity index (χ0n) is 27.1. The molecule has 12 nitrogen and oxygen atoms in total. The number of benzene rings is 2. The number of aryl methyl sites for hydroxylation is 1. The summed E-state index contributed by atoms with van der Waals surface area (Å²) in [7, 11) is 0. The molecule has 4 amide bonds. The molecule has 0 saturated carbocycles. The van der Waals surface area contributed by atoms with Gasteiger partial charge in [-0.3, -0.25) is 4.79 Å². The lowest BCUT2D eigenvalue weighted by Crippen LogP contribution is -2.53. The first-order chi connectivity index (χ1) is 22.8. The molecule has 3 aromatic rings. The molecular formula is C35H45N7O5. The predicted molar refractivity (Wildman–Crippen MR) is 178 cm³/mol. The van der Waals surface area contributed by atoms with Gasteiger partial charge in [0.05, 0.1) is 11.0 Å². The zero-order valence-corrected chi connectivity index (χ0v) is 27.1. The van der Waals surface area contributed by atoms with Gasteiger partial charge in [0.15, 0.2) is 6.10 Å². The summed E-state index contributed by atoms with van der Waals surface area (Å²) in [6.45, 7) is 6.88. The summed E-state index contributed by atoms with van der Waals surface area (Å²) in [5.74, 6) is -0.172. The van der Waals surface area contributed by atoms with Crippen molar-refractivity contribution < 1.29 is 19.1 Å². The molecule has 3 N–H and O–H groups in total. The van der Waals surface area contributed by atoms with Crippen molar-refractivity contribution in [1.29, 1.82) is 0 Å². The van der Waals surface area contributed by atoms with Gasteiger partial charge in [0.1, 0.15) is 0 Å². The second-order valence-corrected chi connectivity index (χ2v) is 13.6. The molecule has 1 aromatic heterocycles. The second kappa shape index (κ2) is 13.4. The largest absolute Gasteiger partial charge is 0.436 e. The Labute approximate surface area is 274 Å². The van der Waals surface area contributed by atoms with Crippen LogP contribution in [0, 0.1) is 6.92 Å². The van der Waals surface area contributed by atoms with E-state index in [1.54, 1.807) is 4.90 Å². The molecule has 3 saturated heterocycles. The molecule has 2 aromatic carbocycles. The minimum absolute atomic E-state index is 0.00393. The average Bonchev–Trinajstić information content (AvgIpc) is 3.48. The first-order valence-electron chi connectivity index (χ1n) is 17.2. The summed E-state index contributed by atoms with van der Waals surface area (Å²) in [6.07, 6.45) is 5.59. The fourth-order valence-electron chi connectivity index (χ4n) is 7.92. The van der Waals surface area contributed by atoms with Crippen LogP contribution >= 0.6 is 0 Å². The van der Waals surface area contributed by atoms with Gasteiger partial charge in [0.2, 0.25) is 0 Å². The minimum Gasteiger partial charge on any atom is -0.436 e. The number of imidazole rings is 1. The third kappa shape index (κ3) is 6.74. The Morgan fingerprint density at radius 3 is 2.34 bits per heavy atom. The summed E-state index contributed by atoms with van der Waals surface area (Å²) in [5.41, 5.74) is 4.72. The number of likely N-dealkylation sites (tertiary alicyclic amines) is 3. The lowest BCUT2D eigenvalue weighted by atomic mass is 9.98. The van der Waals surface area contributed by atoms with E-state index in [1.165, 1.54) is 19.3 Å². The van der Waals surface area contributed by atoms with E-state index >= 15 is 0 Å². The second-order valence-electron chi connectivity index (χ2n) is 13.6. The van der Waals surface area contributed by atoms with E-state index in [0.717, 1.165) is 53.8 Å². The monoisotopic (exact) mass is 643 g/mol. The molecular weight excluding hydrogens is 598 g/mol. The maximum absolute atomic E-state index is 14.1. The number of aromatic amines is 2. The summed E-state index contributed by atoms with van der Waals surface area (Å²) < 4.78 is 6.07. The summed E-state index contributed by atoms with van der Waals surface area (Å²) >= 11 is 0. The van der Waals surface area contributed by atoms with Crippen LogP contribution in [0.2, 0.25) is 0 Å². The molecule has 1 unspecified atom stereocenters. The lowest BCUT2D eigenvalue weighted by molar-refractivity contribution is -0.142. The van der Waals surface area contributed by atoms with Crippen molar-refractivity contribution in [1.82, 2.24) is 29.6 Å². The fraction of sp³-hybridized carbons (Fsp3) is 0.543. The number of hydrogen-bond acceptors (Lipinski definition) is 6. The number of amides is 4. The molecule has 12 heteroatoms. The van der Waals surface area contributed by atoms with Crippen molar-refractivity contribution in [3.05, 3.63) is 63.6 Å². The number of para-hydroxylation sites is 1. The first-order valence-corrected chi connectivity index (χ1v) is 17.2. The van der Waals surface area contributed by atoms with Crippen LogP contribution in [0.3, 0.4) is 0 Å². The molecule has 7 rings (SSSR count). The van der Waals surface area contributed by atoms with Crippen molar-refractivity contribution >= 4 is 34.8 Å². The Bertz CT molecular complexity index is 1680. The Balaban J connectivity index is 1.02. The van der Waals surface area contributed by atoms with Gasteiger partial charge in [-0.25, -0.2) is 14.4 Å². The number of rotatable bonds is 6. The van der Waals surface area contributed by atoms with E-state index in [9.17, 15) is 19.2 Å². The van der Waals surface area contributed by atoms with E-state index in [4.69, 9.17) is 4.74 Å². The van der Waals surface area contributed by atoms with Crippen LogP contribution in [0.1, 0.15) is 61.6 Å². The maximum atomic E-state index is 14.1. The number of anilines is 1. The van der Waals surface area contributed by atoms with Crippen LogP contribution in [-0.4, -0.2) is 105 Å². The minimum atomic E-state index is -0.987. The number of carbonyl (C=O) groups excluding carboxylic acids is 3. The van der Waals surface area contributed by atoms with Gasteiger partial charge in [-0.2, -0.15) is 0 Å². The van der Waals surface area contributed by atoms with Gasteiger partial charge < -0.3 is 39.6 Å². The van der Waals surface area contributed by atoms with E-state index < -0.39 is 12.2 Å². The molecule has 4 aliphatic heterocycles. The van der Waals surface area contributed by atoms with E-state index in [2.05, 4.69) is 20.2 Å². The van der Waals surface area contributed by atoms with Crippen LogP contribution in [-0.2, 0) is 22.5 Å².